The highest BCUT2D eigenvalue weighted by molar-refractivity contribution is 8.02. The summed E-state index contributed by atoms with van der Waals surface area (Å²) < 4.78 is 0. The van der Waals surface area contributed by atoms with Gasteiger partial charge in [0.15, 0.2) is 0 Å². The lowest BCUT2D eigenvalue weighted by Gasteiger charge is -2.27. The molecule has 1 nitrogen and oxygen atoms in total. The maximum atomic E-state index is 3.82. The molecule has 0 bridgehead atoms. The van der Waals surface area contributed by atoms with Crippen LogP contribution >= 0.6 is 11.8 Å². The summed E-state index contributed by atoms with van der Waals surface area (Å²) in [5.74, 6) is 0.279. The first kappa shape index (κ1) is 30.0. The van der Waals surface area contributed by atoms with Crippen molar-refractivity contribution in [3.8, 4) is 0 Å². The Labute approximate surface area is 226 Å². The molecule has 1 aromatic rings. The summed E-state index contributed by atoms with van der Waals surface area (Å²) in [7, 11) is 0. The summed E-state index contributed by atoms with van der Waals surface area (Å²) in [6.07, 6.45) is 22.0. The predicted octanol–water partition coefficient (Wildman–Crippen LogP) is 10.7. The van der Waals surface area contributed by atoms with E-state index in [9.17, 15) is 0 Å². The second kappa shape index (κ2) is 12.9. The van der Waals surface area contributed by atoms with Crippen molar-refractivity contribution < 1.29 is 0 Å². The minimum Gasteiger partial charge on any atom is -0.358 e. The highest BCUT2D eigenvalue weighted by Crippen LogP contribution is 2.35. The Morgan fingerprint density at radius 2 is 1.58 bits per heavy atom. The number of thioether (sulfide) groups is 1. The van der Waals surface area contributed by atoms with E-state index in [2.05, 4.69) is 134 Å². The van der Waals surface area contributed by atoms with Gasteiger partial charge in [-0.25, -0.2) is 0 Å². The molecule has 2 heteroatoms. The van der Waals surface area contributed by atoms with E-state index in [1.807, 2.05) is 23.9 Å². The second-order valence-electron chi connectivity index (χ2n) is 12.6. The van der Waals surface area contributed by atoms with Crippen molar-refractivity contribution in [2.75, 3.05) is 5.32 Å². The van der Waals surface area contributed by atoms with Gasteiger partial charge in [-0.3, -0.25) is 0 Å². The quantitative estimate of drug-likeness (QED) is 0.317. The van der Waals surface area contributed by atoms with Crippen LogP contribution in [0.4, 0.5) is 5.69 Å². The summed E-state index contributed by atoms with van der Waals surface area (Å²) in [6.45, 7) is 24.6. The molecule has 1 heterocycles. The fraction of sp³-hybridized carbons (Fsp3) is 0.471. The van der Waals surface area contributed by atoms with E-state index >= 15 is 0 Å². The molecule has 196 valence electrons. The lowest BCUT2D eigenvalue weighted by atomic mass is 9.78. The van der Waals surface area contributed by atoms with E-state index in [1.165, 1.54) is 29.7 Å². The van der Waals surface area contributed by atoms with Crippen molar-refractivity contribution in [3.05, 3.63) is 95.6 Å². The van der Waals surface area contributed by atoms with Crippen molar-refractivity contribution in [1.29, 1.82) is 0 Å². The van der Waals surface area contributed by atoms with Crippen molar-refractivity contribution in [2.24, 2.45) is 16.7 Å². The van der Waals surface area contributed by atoms with E-state index in [0.717, 1.165) is 5.69 Å². The number of hydrogen-bond acceptors (Lipinski definition) is 2. The zero-order valence-electron chi connectivity index (χ0n) is 24.2. The monoisotopic (exact) mass is 503 g/mol. The fourth-order valence-electron chi connectivity index (χ4n) is 3.93. The van der Waals surface area contributed by atoms with Crippen LogP contribution in [0, 0.1) is 16.7 Å². The third kappa shape index (κ3) is 10.1. The third-order valence-electron chi connectivity index (χ3n) is 6.80. The van der Waals surface area contributed by atoms with Gasteiger partial charge < -0.3 is 5.32 Å². The van der Waals surface area contributed by atoms with Crippen LogP contribution < -0.4 is 5.32 Å². The first-order valence-corrected chi connectivity index (χ1v) is 14.3. The Hall–Kier alpha value is -2.19. The number of anilines is 1. The van der Waals surface area contributed by atoms with Crippen LogP contribution in [0.1, 0.15) is 86.3 Å². The van der Waals surface area contributed by atoms with Gasteiger partial charge in [0.1, 0.15) is 0 Å². The summed E-state index contributed by atoms with van der Waals surface area (Å²) in [5, 5.41) is 6.56. The Bertz CT molecular complexity index is 1020. The maximum absolute atomic E-state index is 3.82. The van der Waals surface area contributed by atoms with Crippen LogP contribution in [0.5, 0.6) is 0 Å². The molecule has 1 aliphatic rings. The molecule has 0 aliphatic carbocycles. The molecular formula is C34H49NS. The van der Waals surface area contributed by atoms with Gasteiger partial charge in [-0.1, -0.05) is 123 Å². The number of hydrogen-bond donors (Lipinski definition) is 1. The molecule has 2 atom stereocenters. The van der Waals surface area contributed by atoms with Gasteiger partial charge in [0, 0.05) is 22.6 Å². The minimum absolute atomic E-state index is 0.0933. The second-order valence-corrected chi connectivity index (χ2v) is 13.8. The number of nitrogens with one attached hydrogen (secondary N) is 1. The average Bonchev–Trinajstić information content (AvgIpc) is 2.80. The zero-order chi connectivity index (χ0) is 27.0. The molecule has 1 aliphatic heterocycles. The van der Waals surface area contributed by atoms with Gasteiger partial charge in [0.2, 0.25) is 0 Å². The molecule has 36 heavy (non-hydrogen) atoms. The summed E-state index contributed by atoms with van der Waals surface area (Å²) >= 11 is 1.88. The molecule has 0 radical (unpaired) electrons. The van der Waals surface area contributed by atoms with Crippen LogP contribution in [-0.4, -0.2) is 5.25 Å². The van der Waals surface area contributed by atoms with E-state index in [0.29, 0.717) is 5.25 Å². The third-order valence-corrected chi connectivity index (χ3v) is 7.78. The highest BCUT2D eigenvalue weighted by atomic mass is 32.2. The molecular weight excluding hydrogens is 454 g/mol. The van der Waals surface area contributed by atoms with Crippen molar-refractivity contribution in [3.63, 3.8) is 0 Å². The summed E-state index contributed by atoms with van der Waals surface area (Å²) in [6, 6.07) is 6.80. The Morgan fingerprint density at radius 3 is 2.19 bits per heavy atom. The minimum atomic E-state index is 0.0933. The lowest BCUT2D eigenvalue weighted by Crippen LogP contribution is -2.16. The normalized spacial score (nSPS) is 26.3. The summed E-state index contributed by atoms with van der Waals surface area (Å²) in [5.41, 5.74) is 5.34. The molecule has 0 saturated heterocycles. The first-order chi connectivity index (χ1) is 16.7. The number of benzene rings is 1. The van der Waals surface area contributed by atoms with Gasteiger partial charge in [0.25, 0.3) is 0 Å². The van der Waals surface area contributed by atoms with E-state index in [4.69, 9.17) is 0 Å². The van der Waals surface area contributed by atoms with Crippen LogP contribution in [0.25, 0.3) is 6.08 Å². The highest BCUT2D eigenvalue weighted by Gasteiger charge is 2.22. The standard InChI is InChI=1S/C34H49NS/c1-11-12-13-14-15-28-24-29(32(4,5)6)16-17-30(28)35-31-25-36-27(3)19-21-34(9,10)23-22-33(7,8)20-18-26(31)2/h11-21,24-27,35H,1,22-23H2,2-10H3/b13-12-,15-14+,20-18+,21-19+,31-25+. The Morgan fingerprint density at radius 1 is 0.944 bits per heavy atom. The topological polar surface area (TPSA) is 12.0 Å². The molecule has 0 amide bonds. The molecule has 0 fully saturated rings. The predicted molar refractivity (Wildman–Crippen MR) is 167 cm³/mol. The number of allylic oxidation sites excluding steroid dienone is 7. The molecule has 0 aromatic heterocycles. The SMILES string of the molecule is C=C/C=C\C=C\c1cc(C(C)(C)C)ccc1N/C1=C/SC(C)/C=C/C(C)(C)CCC(C)(C)/C=C/C1C. The van der Waals surface area contributed by atoms with Gasteiger partial charge in [-0.2, -0.15) is 0 Å². The molecule has 2 unspecified atom stereocenters. The van der Waals surface area contributed by atoms with Crippen molar-refractivity contribution >= 4 is 23.5 Å². The first-order valence-electron chi connectivity index (χ1n) is 13.3. The van der Waals surface area contributed by atoms with Gasteiger partial charge in [0.05, 0.1) is 0 Å². The van der Waals surface area contributed by atoms with Gasteiger partial charge >= 0.3 is 0 Å². The van der Waals surface area contributed by atoms with Crippen LogP contribution in [0.3, 0.4) is 0 Å². The lowest BCUT2D eigenvalue weighted by molar-refractivity contribution is 0.329. The van der Waals surface area contributed by atoms with Gasteiger partial charge in [-0.15, -0.1) is 11.8 Å². The van der Waals surface area contributed by atoms with Crippen LogP contribution in [-0.2, 0) is 5.41 Å². The molecule has 2 rings (SSSR count). The smallest absolute Gasteiger partial charge is 0.0455 e. The van der Waals surface area contributed by atoms with Crippen LogP contribution in [0.2, 0.25) is 0 Å². The van der Waals surface area contributed by atoms with Crippen LogP contribution in [0.15, 0.2) is 84.5 Å². The van der Waals surface area contributed by atoms with E-state index < -0.39 is 0 Å². The average molecular weight is 504 g/mol. The number of rotatable bonds is 5. The van der Waals surface area contributed by atoms with Crippen molar-refractivity contribution in [1.82, 2.24) is 0 Å². The van der Waals surface area contributed by atoms with Gasteiger partial charge in [-0.05, 0) is 64.7 Å². The Kier molecular flexibility index (Phi) is 10.7. The molecule has 0 saturated carbocycles. The fourth-order valence-corrected chi connectivity index (χ4v) is 4.73. The largest absolute Gasteiger partial charge is 0.358 e. The molecule has 0 spiro atoms. The Balaban J connectivity index is 2.49. The van der Waals surface area contributed by atoms with E-state index in [1.54, 1.807) is 6.08 Å². The molecule has 1 N–H and O–H groups in total. The maximum Gasteiger partial charge on any atom is 0.0455 e. The zero-order valence-corrected chi connectivity index (χ0v) is 25.0. The van der Waals surface area contributed by atoms with E-state index in [-0.39, 0.29) is 22.2 Å². The summed E-state index contributed by atoms with van der Waals surface area (Å²) in [4.78, 5) is 0. The molecule has 1 aromatic carbocycles. The van der Waals surface area contributed by atoms with Crippen molar-refractivity contribution in [2.45, 2.75) is 85.8 Å².